The number of nitrogens with one attached hydrogen (secondary N) is 2. The first-order valence-corrected chi connectivity index (χ1v) is 7.41. The molecule has 2 N–H and O–H groups in total. The standard InChI is InChI=1S/C15H19F2N3O3.HI/c1-8-3-10(8)20-15(18-2)19-6-9-4-12-13(22-7-21-12)5-11(9)23-14(16)17;/h4-5,8,10,14H,3,6-7H2,1-2H3,(H2,18,19,20);1H. The maximum absolute atomic E-state index is 12.6. The monoisotopic (exact) mass is 455 g/mol. The summed E-state index contributed by atoms with van der Waals surface area (Å²) >= 11 is 0. The van der Waals surface area contributed by atoms with Crippen LogP contribution in [0.1, 0.15) is 18.9 Å². The molecule has 2 unspecified atom stereocenters. The number of nitrogens with zero attached hydrogens (tertiary/aromatic N) is 1. The summed E-state index contributed by atoms with van der Waals surface area (Å²) in [4.78, 5) is 4.13. The molecule has 3 rings (SSSR count). The molecule has 1 aromatic rings. The Labute approximate surface area is 156 Å². The van der Waals surface area contributed by atoms with Crippen LogP contribution >= 0.6 is 24.0 Å². The fraction of sp³-hybridized carbons (Fsp3) is 0.533. The van der Waals surface area contributed by atoms with Crippen LogP contribution in [-0.2, 0) is 6.54 Å². The molecular formula is C15H20F2IN3O3. The van der Waals surface area contributed by atoms with E-state index in [1.807, 2.05) is 0 Å². The highest BCUT2D eigenvalue weighted by molar-refractivity contribution is 14.0. The number of benzene rings is 1. The van der Waals surface area contributed by atoms with E-state index in [-0.39, 0.29) is 43.1 Å². The lowest BCUT2D eigenvalue weighted by atomic mass is 10.1. The molecule has 0 spiro atoms. The molecule has 1 fully saturated rings. The van der Waals surface area contributed by atoms with E-state index in [9.17, 15) is 8.78 Å². The van der Waals surface area contributed by atoms with Crippen LogP contribution in [0.4, 0.5) is 8.78 Å². The van der Waals surface area contributed by atoms with Gasteiger partial charge in [-0.3, -0.25) is 4.99 Å². The van der Waals surface area contributed by atoms with Gasteiger partial charge in [-0.15, -0.1) is 24.0 Å². The van der Waals surface area contributed by atoms with E-state index in [1.54, 1.807) is 13.1 Å². The lowest BCUT2D eigenvalue weighted by Gasteiger charge is -2.15. The highest BCUT2D eigenvalue weighted by Gasteiger charge is 2.33. The van der Waals surface area contributed by atoms with Crippen molar-refractivity contribution in [2.24, 2.45) is 10.9 Å². The molecule has 0 saturated heterocycles. The molecule has 24 heavy (non-hydrogen) atoms. The van der Waals surface area contributed by atoms with Crippen molar-refractivity contribution in [1.29, 1.82) is 0 Å². The Morgan fingerprint density at radius 3 is 2.62 bits per heavy atom. The largest absolute Gasteiger partial charge is 0.454 e. The number of guanidine groups is 1. The third kappa shape index (κ3) is 4.52. The van der Waals surface area contributed by atoms with Crippen LogP contribution in [0.2, 0.25) is 0 Å². The minimum Gasteiger partial charge on any atom is -0.454 e. The molecular weight excluding hydrogens is 435 g/mol. The molecule has 1 aliphatic heterocycles. The first-order valence-electron chi connectivity index (χ1n) is 7.41. The summed E-state index contributed by atoms with van der Waals surface area (Å²) in [6.07, 6.45) is 1.10. The summed E-state index contributed by atoms with van der Waals surface area (Å²) in [5.41, 5.74) is 0.543. The first-order chi connectivity index (χ1) is 11.1. The van der Waals surface area contributed by atoms with Gasteiger partial charge in [0, 0.05) is 31.3 Å². The fourth-order valence-electron chi connectivity index (χ4n) is 2.38. The predicted molar refractivity (Wildman–Crippen MR) is 95.5 cm³/mol. The number of ether oxygens (including phenoxy) is 3. The Morgan fingerprint density at radius 2 is 2.04 bits per heavy atom. The van der Waals surface area contributed by atoms with Crippen molar-refractivity contribution in [2.75, 3.05) is 13.8 Å². The molecule has 1 heterocycles. The Kier molecular flexibility index (Phi) is 6.30. The number of alkyl halides is 2. The van der Waals surface area contributed by atoms with Gasteiger partial charge >= 0.3 is 6.61 Å². The summed E-state index contributed by atoms with van der Waals surface area (Å²) in [7, 11) is 1.67. The topological polar surface area (TPSA) is 64.1 Å². The zero-order chi connectivity index (χ0) is 16.4. The lowest BCUT2D eigenvalue weighted by molar-refractivity contribution is -0.0505. The van der Waals surface area contributed by atoms with Crippen molar-refractivity contribution < 1.29 is 23.0 Å². The van der Waals surface area contributed by atoms with E-state index in [0.717, 1.165) is 6.42 Å². The summed E-state index contributed by atoms with van der Waals surface area (Å²) in [6.45, 7) is -0.404. The second-order valence-corrected chi connectivity index (χ2v) is 5.58. The smallest absolute Gasteiger partial charge is 0.387 e. The van der Waals surface area contributed by atoms with E-state index >= 15 is 0 Å². The highest BCUT2D eigenvalue weighted by Crippen LogP contribution is 2.38. The van der Waals surface area contributed by atoms with Gasteiger partial charge in [0.15, 0.2) is 17.5 Å². The van der Waals surface area contributed by atoms with Crippen LogP contribution < -0.4 is 24.8 Å². The van der Waals surface area contributed by atoms with Crippen LogP contribution in [-0.4, -0.2) is 32.5 Å². The highest BCUT2D eigenvalue weighted by atomic mass is 127. The average Bonchev–Trinajstić information content (AvgIpc) is 3.01. The second-order valence-electron chi connectivity index (χ2n) is 5.58. The molecule has 0 radical (unpaired) electrons. The molecule has 1 saturated carbocycles. The zero-order valence-electron chi connectivity index (χ0n) is 13.3. The Bertz CT molecular complexity index is 616. The van der Waals surface area contributed by atoms with Crippen LogP contribution in [0.25, 0.3) is 0 Å². The van der Waals surface area contributed by atoms with Crippen LogP contribution in [0.3, 0.4) is 0 Å². The lowest BCUT2D eigenvalue weighted by Crippen LogP contribution is -2.38. The van der Waals surface area contributed by atoms with Crippen molar-refractivity contribution in [3.05, 3.63) is 17.7 Å². The molecule has 134 valence electrons. The normalized spacial score (nSPS) is 21.3. The van der Waals surface area contributed by atoms with Gasteiger partial charge in [0.25, 0.3) is 0 Å². The van der Waals surface area contributed by atoms with Gasteiger partial charge in [0.2, 0.25) is 6.79 Å². The minimum atomic E-state index is -2.90. The van der Waals surface area contributed by atoms with E-state index in [4.69, 9.17) is 9.47 Å². The van der Waals surface area contributed by atoms with Gasteiger partial charge in [-0.25, -0.2) is 0 Å². The SMILES string of the molecule is CN=C(NCc1cc2c(cc1OC(F)F)OCO2)NC1CC1C.I. The van der Waals surface area contributed by atoms with Crippen molar-refractivity contribution >= 4 is 29.9 Å². The zero-order valence-corrected chi connectivity index (χ0v) is 15.7. The van der Waals surface area contributed by atoms with E-state index in [2.05, 4.69) is 27.3 Å². The molecule has 9 heteroatoms. The van der Waals surface area contributed by atoms with Gasteiger partial charge in [-0.05, 0) is 18.4 Å². The molecule has 0 bridgehead atoms. The number of hydrogen-bond acceptors (Lipinski definition) is 4. The quantitative estimate of drug-likeness (QED) is 0.406. The molecule has 1 aliphatic carbocycles. The average molecular weight is 455 g/mol. The van der Waals surface area contributed by atoms with Crippen LogP contribution in [0.15, 0.2) is 17.1 Å². The molecule has 6 nitrogen and oxygen atoms in total. The fourth-order valence-corrected chi connectivity index (χ4v) is 2.38. The molecule has 1 aromatic carbocycles. The van der Waals surface area contributed by atoms with E-state index < -0.39 is 6.61 Å². The molecule has 0 aromatic heterocycles. The van der Waals surface area contributed by atoms with E-state index in [1.165, 1.54) is 6.07 Å². The number of fused-ring (bicyclic) bond motifs is 1. The number of aliphatic imine (C=N–C) groups is 1. The second kappa shape index (κ2) is 8.04. The van der Waals surface area contributed by atoms with Crippen molar-refractivity contribution in [1.82, 2.24) is 10.6 Å². The van der Waals surface area contributed by atoms with Gasteiger partial charge < -0.3 is 24.8 Å². The predicted octanol–water partition coefficient (Wildman–Crippen LogP) is 2.71. The minimum absolute atomic E-state index is 0. The first kappa shape index (κ1) is 18.8. The van der Waals surface area contributed by atoms with Gasteiger partial charge in [-0.1, -0.05) is 6.92 Å². The number of halogens is 3. The maximum Gasteiger partial charge on any atom is 0.387 e. The third-order valence-electron chi connectivity index (χ3n) is 3.87. The molecule has 0 amide bonds. The summed E-state index contributed by atoms with van der Waals surface area (Å²) in [5.74, 6) is 2.23. The Balaban J connectivity index is 0.00000208. The molecule has 2 atom stereocenters. The maximum atomic E-state index is 12.6. The van der Waals surface area contributed by atoms with Crippen molar-refractivity contribution in [2.45, 2.75) is 32.5 Å². The Morgan fingerprint density at radius 1 is 1.38 bits per heavy atom. The van der Waals surface area contributed by atoms with Crippen molar-refractivity contribution in [3.63, 3.8) is 0 Å². The van der Waals surface area contributed by atoms with Crippen LogP contribution in [0, 0.1) is 5.92 Å². The van der Waals surface area contributed by atoms with E-state index in [0.29, 0.717) is 35.0 Å². The van der Waals surface area contributed by atoms with Crippen molar-refractivity contribution in [3.8, 4) is 17.2 Å². The summed E-state index contributed by atoms with van der Waals surface area (Å²) < 4.78 is 40.2. The molecule has 2 aliphatic rings. The summed E-state index contributed by atoms with van der Waals surface area (Å²) in [6, 6.07) is 3.47. The number of hydrogen-bond donors (Lipinski definition) is 2. The van der Waals surface area contributed by atoms with Gasteiger partial charge in [0.05, 0.1) is 0 Å². The van der Waals surface area contributed by atoms with Gasteiger partial charge in [0.1, 0.15) is 5.75 Å². The van der Waals surface area contributed by atoms with Crippen LogP contribution in [0.5, 0.6) is 17.2 Å². The Hall–Kier alpha value is -1.52. The third-order valence-corrected chi connectivity index (χ3v) is 3.87. The summed E-state index contributed by atoms with van der Waals surface area (Å²) in [5, 5.41) is 6.37. The van der Waals surface area contributed by atoms with Gasteiger partial charge in [-0.2, -0.15) is 8.78 Å². The number of rotatable bonds is 5.